The summed E-state index contributed by atoms with van der Waals surface area (Å²) in [6.07, 6.45) is 4.16. The first-order valence-corrected chi connectivity index (χ1v) is 4.92. The molecule has 6 heteroatoms. The van der Waals surface area contributed by atoms with Gasteiger partial charge in [-0.15, -0.1) is 5.56 Å². The van der Waals surface area contributed by atoms with Crippen LogP contribution in [0.25, 0.3) is 5.52 Å². The van der Waals surface area contributed by atoms with Crippen LogP contribution in [0.3, 0.4) is 0 Å². The predicted octanol–water partition coefficient (Wildman–Crippen LogP) is 3.41. The van der Waals surface area contributed by atoms with Crippen LogP contribution in [0.1, 0.15) is 31.9 Å². The molecule has 0 fully saturated rings. The zero-order valence-electron chi connectivity index (χ0n) is 11.3. The summed E-state index contributed by atoms with van der Waals surface area (Å²) in [5, 5.41) is 0. The summed E-state index contributed by atoms with van der Waals surface area (Å²) in [5.74, 6) is 0. The molecule has 0 atom stereocenters. The molecular weight excluding hydrogens is 425 g/mol. The Morgan fingerprint density at radius 3 is 1.95 bits per heavy atom. The van der Waals surface area contributed by atoms with Crippen LogP contribution in [0.4, 0.5) is 0 Å². The summed E-state index contributed by atoms with van der Waals surface area (Å²) in [4.78, 5) is 0. The SMILES string of the molecule is [CH2-]c1cn2ccccc2c1C(C)(C)C.[V].[V].[V].[V].[V]. The molecule has 0 spiro atoms. The fourth-order valence-electron chi connectivity index (χ4n) is 2.04. The molecule has 0 saturated carbocycles. The van der Waals surface area contributed by atoms with Gasteiger partial charge in [0.2, 0.25) is 0 Å². The third-order valence-electron chi connectivity index (χ3n) is 2.51. The van der Waals surface area contributed by atoms with Crippen molar-refractivity contribution in [1.82, 2.24) is 4.40 Å². The Labute approximate surface area is 175 Å². The average molecular weight is 441 g/mol. The Morgan fingerprint density at radius 1 is 0.947 bits per heavy atom. The summed E-state index contributed by atoms with van der Waals surface area (Å²) in [6, 6.07) is 6.26. The first-order valence-electron chi connectivity index (χ1n) is 4.92. The molecular formula is C13H16NV5-. The van der Waals surface area contributed by atoms with E-state index in [4.69, 9.17) is 0 Å². The second-order valence-corrected chi connectivity index (χ2v) is 4.77. The van der Waals surface area contributed by atoms with E-state index in [0.29, 0.717) is 0 Å². The molecule has 2 rings (SSSR count). The van der Waals surface area contributed by atoms with E-state index in [0.717, 1.165) is 5.56 Å². The third-order valence-corrected chi connectivity index (χ3v) is 2.51. The molecule has 2 heterocycles. The van der Waals surface area contributed by atoms with Gasteiger partial charge in [0, 0.05) is 92.8 Å². The van der Waals surface area contributed by atoms with Crippen molar-refractivity contribution in [1.29, 1.82) is 0 Å². The monoisotopic (exact) mass is 441 g/mol. The minimum atomic E-state index is 0. The number of hydrogen-bond acceptors (Lipinski definition) is 0. The van der Waals surface area contributed by atoms with Crippen molar-refractivity contribution in [3.05, 3.63) is 48.6 Å². The summed E-state index contributed by atoms with van der Waals surface area (Å²) < 4.78 is 2.14. The van der Waals surface area contributed by atoms with Crippen LogP contribution in [0.5, 0.6) is 0 Å². The quantitative estimate of drug-likeness (QED) is 0.553. The largest absolute Gasteiger partial charge is 0.388 e. The van der Waals surface area contributed by atoms with E-state index in [2.05, 4.69) is 56.6 Å². The van der Waals surface area contributed by atoms with Gasteiger partial charge in [0.15, 0.2) is 0 Å². The fourth-order valence-corrected chi connectivity index (χ4v) is 2.04. The van der Waals surface area contributed by atoms with Gasteiger partial charge in [0.1, 0.15) is 0 Å². The van der Waals surface area contributed by atoms with Gasteiger partial charge in [-0.05, 0) is 17.8 Å². The molecule has 0 aromatic carbocycles. The van der Waals surface area contributed by atoms with Gasteiger partial charge in [0.25, 0.3) is 0 Å². The number of nitrogens with zero attached hydrogens (tertiary/aromatic N) is 1. The van der Waals surface area contributed by atoms with Gasteiger partial charge in [-0.3, -0.25) is 0 Å². The van der Waals surface area contributed by atoms with E-state index in [1.165, 1.54) is 11.1 Å². The Kier molecular flexibility index (Phi) is 16.8. The summed E-state index contributed by atoms with van der Waals surface area (Å²) in [7, 11) is 0. The standard InChI is InChI=1S/C13H16N.5V/c1-10-9-14-8-6-5-7-11(14)12(10)13(2,3)4;;;;;/h5-9H,1H2,2-4H3;;;;;/q-1;;;;;. The molecule has 2 aromatic heterocycles. The summed E-state index contributed by atoms with van der Waals surface area (Å²) >= 11 is 0. The van der Waals surface area contributed by atoms with Gasteiger partial charge in [-0.1, -0.05) is 44.5 Å². The van der Waals surface area contributed by atoms with Gasteiger partial charge < -0.3 is 4.40 Å². The Bertz CT molecular complexity index is 473. The number of rotatable bonds is 0. The Morgan fingerprint density at radius 2 is 1.47 bits per heavy atom. The van der Waals surface area contributed by atoms with Gasteiger partial charge in [-0.25, -0.2) is 0 Å². The van der Waals surface area contributed by atoms with Crippen molar-refractivity contribution in [2.45, 2.75) is 26.2 Å². The van der Waals surface area contributed by atoms with Crippen molar-refractivity contribution in [2.75, 3.05) is 0 Å². The molecule has 0 amide bonds. The normalized spacial score (nSPS) is 9.00. The first-order chi connectivity index (χ1) is 6.50. The number of aromatic nitrogens is 1. The van der Waals surface area contributed by atoms with Crippen LogP contribution in [0.15, 0.2) is 30.6 Å². The number of hydrogen-bond donors (Lipinski definition) is 0. The van der Waals surface area contributed by atoms with E-state index in [1.807, 2.05) is 6.07 Å². The van der Waals surface area contributed by atoms with E-state index in [-0.39, 0.29) is 98.2 Å². The Balaban J connectivity index is -0.000000225. The zero-order valence-corrected chi connectivity index (χ0v) is 18.3. The van der Waals surface area contributed by atoms with Crippen molar-refractivity contribution >= 4 is 5.52 Å². The maximum Gasteiger partial charge on any atom is 0 e. The molecule has 1 nitrogen and oxygen atoms in total. The summed E-state index contributed by atoms with van der Waals surface area (Å²) in [6.45, 7) is 10.8. The van der Waals surface area contributed by atoms with Crippen molar-refractivity contribution in [2.24, 2.45) is 0 Å². The van der Waals surface area contributed by atoms with E-state index < -0.39 is 0 Å². The molecule has 0 bridgehead atoms. The molecule has 0 saturated heterocycles. The topological polar surface area (TPSA) is 4.41 Å². The van der Waals surface area contributed by atoms with Crippen LogP contribution in [0.2, 0.25) is 0 Å². The second kappa shape index (κ2) is 11.2. The van der Waals surface area contributed by atoms with Gasteiger partial charge in [-0.2, -0.15) is 12.5 Å². The maximum absolute atomic E-state index is 4.10. The molecule has 0 aliphatic rings. The molecule has 0 aliphatic heterocycles. The molecule has 99 valence electrons. The molecule has 5 radical (unpaired) electrons. The maximum atomic E-state index is 4.10. The van der Waals surface area contributed by atoms with Gasteiger partial charge in [0.05, 0.1) is 0 Å². The van der Waals surface area contributed by atoms with E-state index in [9.17, 15) is 0 Å². The minimum absolute atomic E-state index is 0. The Hall–Kier alpha value is 1.55. The van der Waals surface area contributed by atoms with Crippen molar-refractivity contribution < 1.29 is 92.8 Å². The number of pyridine rings is 1. The average Bonchev–Trinajstić information content (AvgIpc) is 2.38. The smallest absolute Gasteiger partial charge is 0 e. The second-order valence-electron chi connectivity index (χ2n) is 4.77. The predicted molar refractivity (Wildman–Crippen MR) is 60.6 cm³/mol. The number of fused-ring (bicyclic) bond motifs is 1. The van der Waals surface area contributed by atoms with Crippen molar-refractivity contribution in [3.8, 4) is 0 Å². The van der Waals surface area contributed by atoms with Crippen LogP contribution in [0, 0.1) is 6.92 Å². The van der Waals surface area contributed by atoms with Crippen LogP contribution in [-0.4, -0.2) is 4.40 Å². The van der Waals surface area contributed by atoms with E-state index in [1.54, 1.807) is 0 Å². The van der Waals surface area contributed by atoms with Gasteiger partial charge >= 0.3 is 0 Å². The zero-order chi connectivity index (χ0) is 10.3. The van der Waals surface area contributed by atoms with Crippen LogP contribution in [-0.2, 0) is 98.2 Å². The summed E-state index contributed by atoms with van der Waals surface area (Å²) in [5.41, 5.74) is 3.90. The fraction of sp³-hybridized carbons (Fsp3) is 0.308. The first kappa shape index (κ1) is 28.7. The minimum Gasteiger partial charge on any atom is -0.388 e. The van der Waals surface area contributed by atoms with Crippen molar-refractivity contribution in [3.63, 3.8) is 0 Å². The van der Waals surface area contributed by atoms with E-state index >= 15 is 0 Å². The molecule has 0 aliphatic carbocycles. The molecule has 0 N–H and O–H groups in total. The molecule has 19 heavy (non-hydrogen) atoms. The van der Waals surface area contributed by atoms with Crippen LogP contribution < -0.4 is 0 Å². The molecule has 0 unspecified atom stereocenters. The molecule has 2 aromatic rings. The third kappa shape index (κ3) is 6.45. The van der Waals surface area contributed by atoms with Crippen LogP contribution >= 0.6 is 0 Å².